The van der Waals surface area contributed by atoms with Crippen LogP contribution >= 0.6 is 22.9 Å². The SMILES string of the molecule is Cc1ccc(NS(=O)(=O)c2ccc(-c3nnc(C4CC4)o3)s2)cc1Cl. The van der Waals surface area contributed by atoms with Gasteiger partial charge in [0.05, 0.1) is 10.6 Å². The number of benzene rings is 1. The maximum absolute atomic E-state index is 12.6. The Labute approximate surface area is 153 Å². The number of thiophene rings is 1. The molecule has 0 amide bonds. The Morgan fingerprint density at radius 2 is 2.04 bits per heavy atom. The average molecular weight is 396 g/mol. The predicted octanol–water partition coefficient (Wildman–Crippen LogP) is 4.44. The lowest BCUT2D eigenvalue weighted by Crippen LogP contribution is -2.11. The molecule has 0 radical (unpaired) electrons. The summed E-state index contributed by atoms with van der Waals surface area (Å²) in [5.41, 5.74) is 1.30. The van der Waals surface area contributed by atoms with E-state index in [1.807, 2.05) is 6.92 Å². The highest BCUT2D eigenvalue weighted by atomic mass is 35.5. The van der Waals surface area contributed by atoms with Gasteiger partial charge in [0.1, 0.15) is 4.21 Å². The minimum absolute atomic E-state index is 0.172. The van der Waals surface area contributed by atoms with Gasteiger partial charge in [0.25, 0.3) is 15.9 Å². The van der Waals surface area contributed by atoms with E-state index < -0.39 is 10.0 Å². The summed E-state index contributed by atoms with van der Waals surface area (Å²) in [5, 5.41) is 8.54. The second kappa shape index (κ2) is 6.12. The highest BCUT2D eigenvalue weighted by molar-refractivity contribution is 7.94. The lowest BCUT2D eigenvalue weighted by atomic mass is 10.2. The van der Waals surface area contributed by atoms with E-state index in [1.165, 1.54) is 6.07 Å². The lowest BCUT2D eigenvalue weighted by molar-refractivity contribution is 0.509. The van der Waals surface area contributed by atoms with E-state index in [0.29, 0.717) is 33.3 Å². The number of rotatable bonds is 5. The highest BCUT2D eigenvalue weighted by Crippen LogP contribution is 2.40. The van der Waals surface area contributed by atoms with Crippen LogP contribution in [-0.4, -0.2) is 18.6 Å². The van der Waals surface area contributed by atoms with E-state index in [4.69, 9.17) is 16.0 Å². The van der Waals surface area contributed by atoms with Crippen molar-refractivity contribution in [3.63, 3.8) is 0 Å². The fourth-order valence-corrected chi connectivity index (χ4v) is 4.73. The number of hydrogen-bond acceptors (Lipinski definition) is 6. The third kappa shape index (κ3) is 3.42. The highest BCUT2D eigenvalue weighted by Gasteiger charge is 2.30. The van der Waals surface area contributed by atoms with Gasteiger partial charge in [0, 0.05) is 10.9 Å². The number of nitrogens with one attached hydrogen (secondary N) is 1. The van der Waals surface area contributed by atoms with Gasteiger partial charge in [-0.25, -0.2) is 8.42 Å². The van der Waals surface area contributed by atoms with Gasteiger partial charge in [-0.2, -0.15) is 0 Å². The molecule has 1 saturated carbocycles. The van der Waals surface area contributed by atoms with Gasteiger partial charge in [-0.1, -0.05) is 17.7 Å². The molecule has 0 unspecified atom stereocenters. The van der Waals surface area contributed by atoms with E-state index in [-0.39, 0.29) is 4.21 Å². The zero-order chi connectivity index (χ0) is 17.6. The van der Waals surface area contributed by atoms with Crippen molar-refractivity contribution >= 4 is 38.6 Å². The molecule has 4 rings (SSSR count). The molecule has 0 aliphatic heterocycles. The zero-order valence-corrected chi connectivity index (χ0v) is 15.6. The second-order valence-corrected chi connectivity index (χ2v) is 9.31. The first-order valence-corrected chi connectivity index (χ1v) is 10.3. The molecule has 1 aliphatic carbocycles. The fourth-order valence-electron chi connectivity index (χ4n) is 2.27. The van der Waals surface area contributed by atoms with E-state index in [0.717, 1.165) is 29.7 Å². The molecule has 0 atom stereocenters. The molecular weight excluding hydrogens is 382 g/mol. The van der Waals surface area contributed by atoms with Crippen molar-refractivity contribution in [2.24, 2.45) is 0 Å². The minimum atomic E-state index is -3.71. The third-order valence-corrected chi connectivity index (χ3v) is 7.20. The summed E-state index contributed by atoms with van der Waals surface area (Å²) in [6.45, 7) is 1.85. The Morgan fingerprint density at radius 1 is 1.24 bits per heavy atom. The molecule has 0 saturated heterocycles. The molecule has 1 N–H and O–H groups in total. The molecule has 1 aliphatic rings. The third-order valence-electron chi connectivity index (χ3n) is 3.85. The van der Waals surface area contributed by atoms with E-state index >= 15 is 0 Å². The molecule has 1 fully saturated rings. The van der Waals surface area contributed by atoms with Crippen molar-refractivity contribution in [3.05, 3.63) is 46.8 Å². The Hall–Kier alpha value is -1.90. The number of aryl methyl sites for hydroxylation is 1. The Bertz CT molecular complexity index is 1040. The van der Waals surface area contributed by atoms with Crippen LogP contribution in [0.25, 0.3) is 10.8 Å². The molecule has 130 valence electrons. The van der Waals surface area contributed by atoms with Gasteiger partial charge < -0.3 is 4.42 Å². The number of aromatic nitrogens is 2. The van der Waals surface area contributed by atoms with Crippen LogP contribution in [-0.2, 0) is 10.0 Å². The smallest absolute Gasteiger partial charge is 0.271 e. The zero-order valence-electron chi connectivity index (χ0n) is 13.2. The normalized spacial score (nSPS) is 14.6. The molecule has 2 aromatic heterocycles. The first-order chi connectivity index (χ1) is 11.9. The largest absolute Gasteiger partial charge is 0.420 e. The number of halogens is 1. The fraction of sp³-hybridized carbons (Fsp3) is 0.250. The Kier molecular flexibility index (Phi) is 4.05. The summed E-state index contributed by atoms with van der Waals surface area (Å²) in [7, 11) is -3.71. The number of sulfonamides is 1. The van der Waals surface area contributed by atoms with Crippen molar-refractivity contribution in [2.45, 2.75) is 29.9 Å². The van der Waals surface area contributed by atoms with Crippen LogP contribution in [0, 0.1) is 6.92 Å². The second-order valence-electron chi connectivity index (χ2n) is 5.91. The number of nitrogens with zero attached hydrogens (tertiary/aromatic N) is 2. The summed E-state index contributed by atoms with van der Waals surface area (Å²) < 4.78 is 33.4. The summed E-state index contributed by atoms with van der Waals surface area (Å²) in [6.07, 6.45) is 2.13. The molecule has 6 nitrogen and oxygen atoms in total. The molecule has 0 bridgehead atoms. The Balaban J connectivity index is 1.57. The molecular formula is C16H14ClN3O3S2. The molecule has 3 aromatic rings. The van der Waals surface area contributed by atoms with Crippen molar-refractivity contribution in [2.75, 3.05) is 4.72 Å². The quantitative estimate of drug-likeness (QED) is 0.690. The van der Waals surface area contributed by atoms with E-state index in [9.17, 15) is 8.42 Å². The van der Waals surface area contributed by atoms with Crippen molar-refractivity contribution < 1.29 is 12.8 Å². The summed E-state index contributed by atoms with van der Waals surface area (Å²) in [5.74, 6) is 1.34. The number of hydrogen-bond donors (Lipinski definition) is 1. The summed E-state index contributed by atoms with van der Waals surface area (Å²) >= 11 is 7.13. The predicted molar refractivity (Wildman–Crippen MR) is 96.6 cm³/mol. The van der Waals surface area contributed by atoms with Crippen LogP contribution in [0.3, 0.4) is 0 Å². The van der Waals surface area contributed by atoms with Gasteiger partial charge in [0.15, 0.2) is 0 Å². The molecule has 25 heavy (non-hydrogen) atoms. The monoisotopic (exact) mass is 395 g/mol. The average Bonchev–Trinajstić information content (AvgIpc) is 3.10. The van der Waals surface area contributed by atoms with Crippen molar-refractivity contribution in [3.8, 4) is 10.8 Å². The van der Waals surface area contributed by atoms with Crippen LogP contribution in [0.1, 0.15) is 30.2 Å². The van der Waals surface area contributed by atoms with Crippen LogP contribution in [0.15, 0.2) is 39.0 Å². The Morgan fingerprint density at radius 3 is 2.76 bits per heavy atom. The summed E-state index contributed by atoms with van der Waals surface area (Å²) in [4.78, 5) is 0.627. The minimum Gasteiger partial charge on any atom is -0.420 e. The van der Waals surface area contributed by atoms with E-state index in [2.05, 4.69) is 14.9 Å². The van der Waals surface area contributed by atoms with Crippen LogP contribution in [0.2, 0.25) is 5.02 Å². The molecule has 2 heterocycles. The molecule has 9 heteroatoms. The molecule has 1 aromatic carbocycles. The summed E-state index contributed by atoms with van der Waals surface area (Å²) in [6, 6.07) is 8.22. The van der Waals surface area contributed by atoms with Crippen LogP contribution < -0.4 is 4.72 Å². The van der Waals surface area contributed by atoms with Gasteiger partial charge >= 0.3 is 0 Å². The van der Waals surface area contributed by atoms with Crippen LogP contribution in [0.5, 0.6) is 0 Å². The first kappa shape index (κ1) is 16.6. The molecule has 0 spiro atoms. The standard InChI is InChI=1S/C16H14ClN3O3S2/c1-9-2-5-11(8-12(9)17)20-25(21,22)14-7-6-13(24-14)16-19-18-15(23-16)10-3-4-10/h2,5-8,10,20H,3-4H2,1H3. The van der Waals surface area contributed by atoms with E-state index in [1.54, 1.807) is 24.3 Å². The van der Waals surface area contributed by atoms with Crippen molar-refractivity contribution in [1.82, 2.24) is 10.2 Å². The number of anilines is 1. The van der Waals surface area contributed by atoms with Gasteiger partial charge in [-0.15, -0.1) is 21.5 Å². The van der Waals surface area contributed by atoms with Gasteiger partial charge in [-0.05, 0) is 49.6 Å². The van der Waals surface area contributed by atoms with Crippen LogP contribution in [0.4, 0.5) is 5.69 Å². The topological polar surface area (TPSA) is 85.1 Å². The van der Waals surface area contributed by atoms with Gasteiger partial charge in [0.2, 0.25) is 5.89 Å². The lowest BCUT2D eigenvalue weighted by Gasteiger charge is -2.07. The first-order valence-electron chi connectivity index (χ1n) is 7.65. The van der Waals surface area contributed by atoms with Gasteiger partial charge in [-0.3, -0.25) is 4.72 Å². The maximum Gasteiger partial charge on any atom is 0.271 e. The maximum atomic E-state index is 12.6. The van der Waals surface area contributed by atoms with Crippen molar-refractivity contribution in [1.29, 1.82) is 0 Å².